The smallest absolute Gasteiger partial charge is 0.271 e. The molecule has 36 heavy (non-hydrogen) atoms. The number of aryl methyl sites for hydroxylation is 1. The van der Waals surface area contributed by atoms with E-state index in [0.29, 0.717) is 15.1 Å². The van der Waals surface area contributed by atoms with Crippen LogP contribution in [-0.2, 0) is 6.42 Å². The highest BCUT2D eigenvalue weighted by molar-refractivity contribution is 7.07. The Balaban J connectivity index is 1.62. The van der Waals surface area contributed by atoms with Crippen LogP contribution in [0, 0.1) is 0 Å². The maximum atomic E-state index is 13.9. The second-order valence-electron chi connectivity index (χ2n) is 8.79. The van der Waals surface area contributed by atoms with Crippen molar-refractivity contribution < 1.29 is 14.6 Å². The van der Waals surface area contributed by atoms with Crippen molar-refractivity contribution in [2.24, 2.45) is 4.99 Å². The summed E-state index contributed by atoms with van der Waals surface area (Å²) in [6.45, 7) is 0. The Labute approximate surface area is 211 Å². The van der Waals surface area contributed by atoms with Crippen molar-refractivity contribution in [3.63, 3.8) is 0 Å². The van der Waals surface area contributed by atoms with Gasteiger partial charge in [0.15, 0.2) is 16.3 Å². The van der Waals surface area contributed by atoms with Crippen molar-refractivity contribution in [2.45, 2.75) is 18.9 Å². The molecule has 2 aliphatic rings. The number of aromatic nitrogens is 1. The molecular weight excluding hydrogens is 472 g/mol. The molecule has 0 radical (unpaired) electrons. The zero-order valence-corrected chi connectivity index (χ0v) is 20.7. The molecule has 2 heterocycles. The molecule has 1 N–H and O–H groups in total. The summed E-state index contributed by atoms with van der Waals surface area (Å²) in [4.78, 5) is 19.6. The summed E-state index contributed by atoms with van der Waals surface area (Å²) < 4.78 is 13.3. The third kappa shape index (κ3) is 3.55. The Morgan fingerprint density at radius 2 is 1.78 bits per heavy atom. The van der Waals surface area contributed by atoms with Gasteiger partial charge in [-0.05, 0) is 53.8 Å². The highest BCUT2D eigenvalue weighted by Gasteiger charge is 2.33. The van der Waals surface area contributed by atoms with E-state index in [2.05, 4.69) is 18.2 Å². The van der Waals surface area contributed by atoms with E-state index in [-0.39, 0.29) is 17.4 Å². The van der Waals surface area contributed by atoms with Crippen LogP contribution >= 0.6 is 11.3 Å². The van der Waals surface area contributed by atoms with Crippen molar-refractivity contribution in [1.82, 2.24) is 4.57 Å². The van der Waals surface area contributed by atoms with Crippen LogP contribution in [0.5, 0.6) is 17.2 Å². The van der Waals surface area contributed by atoms with Crippen molar-refractivity contribution in [3.05, 3.63) is 114 Å². The van der Waals surface area contributed by atoms with Gasteiger partial charge in [-0.25, -0.2) is 4.99 Å². The SMILES string of the molecule is COc1cc(C=c2sc3n(c2=O)C(c2ccccc2OC)C2=C(N=3)c3ccccc3CC2)ccc1O. The van der Waals surface area contributed by atoms with Crippen LogP contribution in [0.15, 0.2) is 82.1 Å². The second-order valence-corrected chi connectivity index (χ2v) is 9.80. The van der Waals surface area contributed by atoms with E-state index in [0.717, 1.165) is 46.6 Å². The molecule has 6 nitrogen and oxygen atoms in total. The highest BCUT2D eigenvalue weighted by atomic mass is 32.1. The Kier molecular flexibility index (Phi) is 5.49. The number of nitrogens with zero attached hydrogens (tertiary/aromatic N) is 2. The molecule has 4 aromatic rings. The van der Waals surface area contributed by atoms with Gasteiger partial charge in [0, 0.05) is 11.1 Å². The van der Waals surface area contributed by atoms with E-state index >= 15 is 0 Å². The second kappa shape index (κ2) is 8.84. The van der Waals surface area contributed by atoms with Crippen LogP contribution in [0.4, 0.5) is 0 Å². The number of phenols is 1. The first-order valence-corrected chi connectivity index (χ1v) is 12.5. The zero-order chi connectivity index (χ0) is 24.8. The molecule has 0 bridgehead atoms. The summed E-state index contributed by atoms with van der Waals surface area (Å²) in [6.07, 6.45) is 3.53. The van der Waals surface area contributed by atoms with Gasteiger partial charge in [0.05, 0.1) is 30.5 Å². The number of thiazole rings is 1. The van der Waals surface area contributed by atoms with Crippen LogP contribution in [0.3, 0.4) is 0 Å². The van der Waals surface area contributed by atoms with E-state index in [1.54, 1.807) is 29.9 Å². The molecule has 0 fully saturated rings. The van der Waals surface area contributed by atoms with Gasteiger partial charge in [0.2, 0.25) is 0 Å². The predicted molar refractivity (Wildman–Crippen MR) is 140 cm³/mol. The molecule has 0 spiro atoms. The number of para-hydroxylation sites is 1. The quantitative estimate of drug-likeness (QED) is 0.463. The number of aromatic hydroxyl groups is 1. The lowest BCUT2D eigenvalue weighted by Gasteiger charge is -2.31. The number of hydrogen-bond acceptors (Lipinski definition) is 6. The van der Waals surface area contributed by atoms with Crippen LogP contribution in [0.25, 0.3) is 11.8 Å². The predicted octanol–water partition coefficient (Wildman–Crippen LogP) is 4.04. The fraction of sp³-hybridized carbons (Fsp3) is 0.172. The van der Waals surface area contributed by atoms with E-state index in [1.807, 2.05) is 36.4 Å². The van der Waals surface area contributed by atoms with Crippen LogP contribution < -0.4 is 24.4 Å². The Morgan fingerprint density at radius 3 is 2.61 bits per heavy atom. The standard InChI is InChI=1S/C29H24N2O4S/c1-34-23-10-6-5-9-20(23)27-21-13-12-18-7-3-4-8-19(18)26(21)30-29-31(27)28(33)25(36-29)16-17-11-14-22(32)24(15-17)35-2/h3-11,14-16,27,32H,12-13H2,1-2H3. The third-order valence-electron chi connectivity index (χ3n) is 6.81. The summed E-state index contributed by atoms with van der Waals surface area (Å²) in [5, 5.41) is 9.96. The molecule has 1 aliphatic carbocycles. The average Bonchev–Trinajstić information content (AvgIpc) is 3.22. The van der Waals surface area contributed by atoms with E-state index in [1.165, 1.54) is 24.0 Å². The summed E-state index contributed by atoms with van der Waals surface area (Å²) in [6, 6.07) is 21.0. The van der Waals surface area contributed by atoms with E-state index < -0.39 is 0 Å². The minimum absolute atomic E-state index is 0.0543. The number of fused-ring (bicyclic) bond motifs is 3. The van der Waals surface area contributed by atoms with Gasteiger partial charge in [-0.1, -0.05) is 59.9 Å². The molecule has 1 atom stereocenters. The molecule has 1 aromatic heterocycles. The Bertz CT molecular complexity index is 1710. The van der Waals surface area contributed by atoms with Gasteiger partial charge in [-0.3, -0.25) is 9.36 Å². The first-order valence-electron chi connectivity index (χ1n) is 11.7. The van der Waals surface area contributed by atoms with Gasteiger partial charge in [0.1, 0.15) is 5.75 Å². The summed E-state index contributed by atoms with van der Waals surface area (Å²) in [5.41, 5.74) is 6.08. The number of ether oxygens (including phenoxy) is 2. The molecule has 6 rings (SSSR count). The first-order chi connectivity index (χ1) is 17.6. The summed E-state index contributed by atoms with van der Waals surface area (Å²) in [5.74, 6) is 1.15. The zero-order valence-electron chi connectivity index (χ0n) is 19.9. The molecule has 0 saturated carbocycles. The van der Waals surface area contributed by atoms with E-state index in [4.69, 9.17) is 14.5 Å². The number of methoxy groups -OCH3 is 2. The number of benzene rings is 3. The molecular formula is C29H24N2O4S. The normalized spacial score (nSPS) is 16.6. The van der Waals surface area contributed by atoms with Gasteiger partial charge in [-0.15, -0.1) is 0 Å². The molecule has 3 aromatic carbocycles. The van der Waals surface area contributed by atoms with Gasteiger partial charge in [-0.2, -0.15) is 0 Å². The largest absolute Gasteiger partial charge is 0.504 e. The fourth-order valence-corrected chi connectivity index (χ4v) is 6.13. The van der Waals surface area contributed by atoms with E-state index in [9.17, 15) is 9.90 Å². The van der Waals surface area contributed by atoms with Crippen LogP contribution in [-0.4, -0.2) is 23.9 Å². The summed E-state index contributed by atoms with van der Waals surface area (Å²) >= 11 is 1.37. The summed E-state index contributed by atoms with van der Waals surface area (Å²) in [7, 11) is 3.16. The molecule has 180 valence electrons. The molecule has 0 amide bonds. The minimum Gasteiger partial charge on any atom is -0.504 e. The first kappa shape index (κ1) is 22.4. The molecule has 0 saturated heterocycles. The van der Waals surface area contributed by atoms with Crippen LogP contribution in [0.1, 0.15) is 34.7 Å². The van der Waals surface area contributed by atoms with Crippen molar-refractivity contribution in [3.8, 4) is 17.2 Å². The average molecular weight is 497 g/mol. The number of hydrogen-bond donors (Lipinski definition) is 1. The Hall–Kier alpha value is -4.10. The van der Waals surface area contributed by atoms with Crippen molar-refractivity contribution in [2.75, 3.05) is 14.2 Å². The van der Waals surface area contributed by atoms with Gasteiger partial charge < -0.3 is 14.6 Å². The topological polar surface area (TPSA) is 73.0 Å². The number of phenolic OH excluding ortho intramolecular Hbond substituents is 1. The number of rotatable bonds is 4. The lowest BCUT2D eigenvalue weighted by molar-refractivity contribution is 0.373. The third-order valence-corrected chi connectivity index (χ3v) is 7.79. The molecule has 1 unspecified atom stereocenters. The monoisotopic (exact) mass is 496 g/mol. The van der Waals surface area contributed by atoms with Crippen LogP contribution in [0.2, 0.25) is 0 Å². The van der Waals surface area contributed by atoms with Gasteiger partial charge >= 0.3 is 0 Å². The fourth-order valence-electron chi connectivity index (χ4n) is 5.13. The lowest BCUT2D eigenvalue weighted by Crippen LogP contribution is -2.38. The maximum absolute atomic E-state index is 13.9. The van der Waals surface area contributed by atoms with Gasteiger partial charge in [0.25, 0.3) is 5.56 Å². The lowest BCUT2D eigenvalue weighted by atomic mass is 9.83. The van der Waals surface area contributed by atoms with Crippen molar-refractivity contribution >= 4 is 23.1 Å². The minimum atomic E-state index is -0.308. The molecule has 7 heteroatoms. The number of allylic oxidation sites excluding steroid dienone is 1. The highest BCUT2D eigenvalue weighted by Crippen LogP contribution is 2.43. The van der Waals surface area contributed by atoms with Crippen molar-refractivity contribution in [1.29, 1.82) is 0 Å². The maximum Gasteiger partial charge on any atom is 0.271 e. The Morgan fingerprint density at radius 1 is 1.00 bits per heavy atom. The molecule has 1 aliphatic heterocycles.